The molecule has 0 spiro atoms. The van der Waals surface area contributed by atoms with Gasteiger partial charge in [0.05, 0.1) is 23.4 Å². The van der Waals surface area contributed by atoms with Crippen molar-refractivity contribution in [2.45, 2.75) is 0 Å². The van der Waals surface area contributed by atoms with Gasteiger partial charge in [-0.1, -0.05) is 0 Å². The van der Waals surface area contributed by atoms with Crippen LogP contribution in [0.1, 0.15) is 0 Å². The fraction of sp³-hybridized carbons (Fsp3) is 0.375. The summed E-state index contributed by atoms with van der Waals surface area (Å²) in [5.41, 5.74) is 5.58. The molecule has 0 aliphatic carbocycles. The number of anilines is 2. The highest BCUT2D eigenvalue weighted by Gasteiger charge is 2.14. The molecule has 0 amide bonds. The van der Waals surface area contributed by atoms with Crippen LogP contribution in [0.25, 0.3) is 0 Å². The number of hydrogen-bond donors (Lipinski definition) is 2. The summed E-state index contributed by atoms with van der Waals surface area (Å²) in [4.78, 5) is 3.70. The van der Waals surface area contributed by atoms with Gasteiger partial charge < -0.3 is 5.73 Å². The summed E-state index contributed by atoms with van der Waals surface area (Å²) in [6.07, 6.45) is 2.24. The number of nitrogens with zero attached hydrogens (tertiary/aromatic N) is 1. The number of nitrogens with one attached hydrogen (secondary N) is 1. The zero-order valence-corrected chi connectivity index (χ0v) is 10.8. The van der Waals surface area contributed by atoms with Gasteiger partial charge in [-0.25, -0.2) is 21.8 Å². The SMILES string of the molecule is CS(=O)(=O)CCS(=O)(=O)Nc1ccc(N)nc1. The molecule has 17 heavy (non-hydrogen) atoms. The predicted octanol–water partition coefficient (Wildman–Crippen LogP) is -0.550. The lowest BCUT2D eigenvalue weighted by Crippen LogP contribution is -2.22. The third kappa shape index (κ3) is 5.50. The highest BCUT2D eigenvalue weighted by molar-refractivity contribution is 7.95. The molecule has 0 unspecified atom stereocenters. The van der Waals surface area contributed by atoms with Crippen LogP contribution in [0.5, 0.6) is 0 Å². The number of sulfone groups is 1. The first-order valence-electron chi connectivity index (χ1n) is 4.58. The van der Waals surface area contributed by atoms with Crippen LogP contribution in [0.4, 0.5) is 11.5 Å². The van der Waals surface area contributed by atoms with Crippen LogP contribution in [0.2, 0.25) is 0 Å². The Kier molecular flexibility index (Phi) is 3.94. The van der Waals surface area contributed by atoms with Crippen molar-refractivity contribution in [1.29, 1.82) is 0 Å². The van der Waals surface area contributed by atoms with Crippen molar-refractivity contribution in [3.8, 4) is 0 Å². The summed E-state index contributed by atoms with van der Waals surface area (Å²) >= 11 is 0. The van der Waals surface area contributed by atoms with E-state index in [-0.39, 0.29) is 11.5 Å². The first kappa shape index (κ1) is 13.7. The second-order valence-electron chi connectivity index (χ2n) is 3.52. The molecule has 0 atom stereocenters. The first-order chi connectivity index (χ1) is 7.68. The van der Waals surface area contributed by atoms with Gasteiger partial charge in [0.25, 0.3) is 0 Å². The van der Waals surface area contributed by atoms with Gasteiger partial charge >= 0.3 is 0 Å². The molecule has 3 N–H and O–H groups in total. The standard InChI is InChI=1S/C8H13N3O4S2/c1-16(12,13)4-5-17(14,15)11-7-2-3-8(9)10-6-7/h2-3,6,11H,4-5H2,1H3,(H2,9,10). The van der Waals surface area contributed by atoms with Crippen LogP contribution in [-0.4, -0.2) is 39.6 Å². The average molecular weight is 279 g/mol. The van der Waals surface area contributed by atoms with Crippen molar-refractivity contribution in [3.05, 3.63) is 18.3 Å². The molecule has 0 bridgehead atoms. The molecule has 96 valence electrons. The van der Waals surface area contributed by atoms with Gasteiger partial charge in [0.2, 0.25) is 10.0 Å². The fourth-order valence-electron chi connectivity index (χ4n) is 0.957. The topological polar surface area (TPSA) is 119 Å². The van der Waals surface area contributed by atoms with Crippen LogP contribution in [0, 0.1) is 0 Å². The molecule has 0 aliphatic heterocycles. The Labute approximate surface area is 100 Å². The van der Waals surface area contributed by atoms with Crippen LogP contribution in [0.3, 0.4) is 0 Å². The van der Waals surface area contributed by atoms with Gasteiger partial charge in [0.1, 0.15) is 15.7 Å². The van der Waals surface area contributed by atoms with E-state index in [0.717, 1.165) is 6.26 Å². The molecule has 0 aromatic carbocycles. The summed E-state index contributed by atoms with van der Waals surface area (Å²) in [5.74, 6) is -0.648. The first-order valence-corrected chi connectivity index (χ1v) is 8.29. The number of rotatable bonds is 5. The number of hydrogen-bond acceptors (Lipinski definition) is 6. The lowest BCUT2D eigenvalue weighted by atomic mass is 10.4. The van der Waals surface area contributed by atoms with Crippen LogP contribution in [0.15, 0.2) is 18.3 Å². The smallest absolute Gasteiger partial charge is 0.233 e. The fourth-order valence-corrected chi connectivity index (χ4v) is 3.63. The van der Waals surface area contributed by atoms with Crippen molar-refractivity contribution < 1.29 is 16.8 Å². The third-order valence-electron chi connectivity index (χ3n) is 1.78. The molecule has 1 rings (SSSR count). The molecule has 1 aromatic rings. The molecule has 7 nitrogen and oxygen atoms in total. The maximum Gasteiger partial charge on any atom is 0.233 e. The van der Waals surface area contributed by atoms with Crippen molar-refractivity contribution >= 4 is 31.4 Å². The Morgan fingerprint density at radius 3 is 2.35 bits per heavy atom. The third-order valence-corrected chi connectivity index (χ3v) is 4.27. The van der Waals surface area contributed by atoms with Gasteiger partial charge in [-0.15, -0.1) is 0 Å². The minimum Gasteiger partial charge on any atom is -0.384 e. The van der Waals surface area contributed by atoms with Gasteiger partial charge in [-0.3, -0.25) is 4.72 Å². The molecule has 1 aromatic heterocycles. The lowest BCUT2D eigenvalue weighted by molar-refractivity contribution is 0.593. The van der Waals surface area contributed by atoms with Crippen LogP contribution in [-0.2, 0) is 19.9 Å². The molecule has 0 saturated carbocycles. The van der Waals surface area contributed by atoms with E-state index >= 15 is 0 Å². The summed E-state index contributed by atoms with van der Waals surface area (Å²) in [5, 5.41) is 0. The van der Waals surface area contributed by atoms with Gasteiger partial charge in [0, 0.05) is 6.26 Å². The second-order valence-corrected chi connectivity index (χ2v) is 7.62. The molecule has 0 aliphatic rings. The minimum absolute atomic E-state index is 0.243. The zero-order valence-electron chi connectivity index (χ0n) is 9.12. The molecular weight excluding hydrogens is 266 g/mol. The molecule has 9 heteroatoms. The Bertz CT molecular complexity index is 578. The van der Waals surface area contributed by atoms with E-state index in [1.54, 1.807) is 0 Å². The maximum absolute atomic E-state index is 11.5. The van der Waals surface area contributed by atoms with Crippen LogP contribution < -0.4 is 10.5 Å². The van der Waals surface area contributed by atoms with Gasteiger partial charge in [-0.2, -0.15) is 0 Å². The van der Waals surface area contributed by atoms with E-state index in [2.05, 4.69) is 9.71 Å². The zero-order chi connectivity index (χ0) is 13.1. The summed E-state index contributed by atoms with van der Waals surface area (Å²) in [7, 11) is -7.00. The Balaban J connectivity index is 2.70. The molecule has 0 fully saturated rings. The number of nitrogen functional groups attached to an aromatic ring is 1. The number of nitrogens with two attached hydrogens (primary N) is 1. The highest BCUT2D eigenvalue weighted by Crippen LogP contribution is 2.09. The van der Waals surface area contributed by atoms with Crippen molar-refractivity contribution in [1.82, 2.24) is 4.98 Å². The number of aromatic nitrogens is 1. The van der Waals surface area contributed by atoms with E-state index < -0.39 is 31.4 Å². The normalized spacial score (nSPS) is 12.3. The number of sulfonamides is 1. The van der Waals surface area contributed by atoms with Gasteiger partial charge in [0.15, 0.2) is 0 Å². The largest absolute Gasteiger partial charge is 0.384 e. The summed E-state index contributed by atoms with van der Waals surface area (Å²) < 4.78 is 46.9. The van der Waals surface area contributed by atoms with E-state index in [0.29, 0.717) is 0 Å². The quantitative estimate of drug-likeness (QED) is 0.746. The van der Waals surface area contributed by atoms with Crippen molar-refractivity contribution in [2.75, 3.05) is 28.2 Å². The Morgan fingerprint density at radius 2 is 1.88 bits per heavy atom. The number of pyridine rings is 1. The van der Waals surface area contributed by atoms with E-state index in [1.807, 2.05) is 0 Å². The predicted molar refractivity (Wildman–Crippen MR) is 65.8 cm³/mol. The average Bonchev–Trinajstić information content (AvgIpc) is 2.18. The van der Waals surface area contributed by atoms with Crippen LogP contribution >= 0.6 is 0 Å². The molecular formula is C8H13N3O4S2. The molecule has 0 radical (unpaired) electrons. The monoisotopic (exact) mass is 279 g/mol. The Hall–Kier alpha value is -1.35. The van der Waals surface area contributed by atoms with E-state index in [1.165, 1.54) is 18.3 Å². The molecule has 1 heterocycles. The van der Waals surface area contributed by atoms with Crippen molar-refractivity contribution in [2.24, 2.45) is 0 Å². The lowest BCUT2D eigenvalue weighted by Gasteiger charge is -2.06. The van der Waals surface area contributed by atoms with Gasteiger partial charge in [-0.05, 0) is 12.1 Å². The van der Waals surface area contributed by atoms with Crippen molar-refractivity contribution in [3.63, 3.8) is 0 Å². The summed E-state index contributed by atoms with van der Waals surface area (Å²) in [6, 6.07) is 2.88. The molecule has 0 saturated heterocycles. The minimum atomic E-state index is -3.69. The second kappa shape index (κ2) is 4.88. The Morgan fingerprint density at radius 1 is 1.24 bits per heavy atom. The highest BCUT2D eigenvalue weighted by atomic mass is 32.2. The van der Waals surface area contributed by atoms with E-state index in [4.69, 9.17) is 5.73 Å². The van der Waals surface area contributed by atoms with E-state index in [9.17, 15) is 16.8 Å². The maximum atomic E-state index is 11.5. The summed E-state index contributed by atoms with van der Waals surface area (Å²) in [6.45, 7) is 0.